The molecule has 12 atom stereocenters. The zero-order valence-electron chi connectivity index (χ0n) is 22.9. The molecule has 4 saturated carbocycles. The first-order valence-electron chi connectivity index (χ1n) is 14.4. The molecule has 2 N–H and O–H groups in total. The summed E-state index contributed by atoms with van der Waals surface area (Å²) >= 11 is 0. The molecule has 0 bridgehead atoms. The molecule has 4 fully saturated rings. The molecule has 0 aromatic carbocycles. The first-order chi connectivity index (χ1) is 16.5. The van der Waals surface area contributed by atoms with E-state index in [-0.39, 0.29) is 34.6 Å². The van der Waals surface area contributed by atoms with E-state index >= 15 is 0 Å². The van der Waals surface area contributed by atoms with Crippen molar-refractivity contribution in [2.45, 2.75) is 118 Å². The lowest BCUT2D eigenvalue weighted by molar-refractivity contribution is -0.157. The van der Waals surface area contributed by atoms with E-state index in [1.54, 1.807) is 0 Å². The highest BCUT2D eigenvalue weighted by molar-refractivity contribution is 5.83. The predicted octanol–water partition coefficient (Wildman–Crippen LogP) is 6.54. The molecule has 0 heterocycles. The summed E-state index contributed by atoms with van der Waals surface area (Å²) in [5, 5.41) is 26.4. The molecule has 0 aromatic heterocycles. The van der Waals surface area contributed by atoms with Crippen molar-refractivity contribution in [1.82, 2.24) is 0 Å². The lowest BCUT2D eigenvalue weighted by atomic mass is 9.44. The Hall–Kier alpha value is -1.10. The van der Waals surface area contributed by atoms with Gasteiger partial charge in [0, 0.05) is 23.3 Å². The van der Waals surface area contributed by atoms with Gasteiger partial charge in [-0.25, -0.2) is 0 Å². The molecule has 0 saturated heterocycles. The van der Waals surface area contributed by atoms with Crippen molar-refractivity contribution >= 4 is 5.78 Å². The fraction of sp³-hybridized carbons (Fsp3) is 0.966. The summed E-state index contributed by atoms with van der Waals surface area (Å²) in [6, 6.07) is -0.0326. The number of aliphatic hydroxyl groups is 2. The SMILES string of the molecule is CC[C@@H](C(C)C)[C@@H](O)[C@H](O)[C@@H](C)[C@H]1CC[C@H]2[C@@H]3CC(=O)[C@H]4C[C@H](N=[N+]=[N-])CC[C@]4(C)[C@H]3CC[C@]12C. The van der Waals surface area contributed by atoms with Crippen molar-refractivity contribution in [2.75, 3.05) is 0 Å². The van der Waals surface area contributed by atoms with Crippen molar-refractivity contribution in [2.24, 2.45) is 63.3 Å². The molecule has 0 spiro atoms. The molecule has 198 valence electrons. The van der Waals surface area contributed by atoms with E-state index in [4.69, 9.17) is 5.53 Å². The van der Waals surface area contributed by atoms with Gasteiger partial charge in [-0.15, -0.1) is 0 Å². The minimum absolute atomic E-state index is 0.0217. The highest BCUT2D eigenvalue weighted by Crippen LogP contribution is 2.68. The zero-order valence-corrected chi connectivity index (χ0v) is 22.9. The van der Waals surface area contributed by atoms with E-state index in [9.17, 15) is 15.0 Å². The third kappa shape index (κ3) is 4.36. The topological polar surface area (TPSA) is 106 Å². The van der Waals surface area contributed by atoms with Gasteiger partial charge >= 0.3 is 0 Å². The van der Waals surface area contributed by atoms with Gasteiger partial charge in [0.2, 0.25) is 0 Å². The molecule has 35 heavy (non-hydrogen) atoms. The number of Topliss-reactive ketones (excluding diaryl/α,β-unsaturated/α-hetero) is 1. The minimum Gasteiger partial charge on any atom is -0.390 e. The van der Waals surface area contributed by atoms with E-state index in [1.165, 1.54) is 0 Å². The largest absolute Gasteiger partial charge is 0.390 e. The molecular formula is C29H49N3O3. The van der Waals surface area contributed by atoms with Gasteiger partial charge in [-0.1, -0.05) is 53.1 Å². The monoisotopic (exact) mass is 487 g/mol. The molecule has 0 aromatic rings. The summed E-state index contributed by atoms with van der Waals surface area (Å²) in [4.78, 5) is 16.5. The minimum atomic E-state index is -0.702. The molecule has 4 aliphatic rings. The van der Waals surface area contributed by atoms with Gasteiger partial charge in [0.25, 0.3) is 0 Å². The number of fused-ring (bicyclic) bond motifs is 5. The van der Waals surface area contributed by atoms with Gasteiger partial charge < -0.3 is 10.2 Å². The van der Waals surface area contributed by atoms with Crippen LogP contribution >= 0.6 is 0 Å². The summed E-state index contributed by atoms with van der Waals surface area (Å²) < 4.78 is 0. The van der Waals surface area contributed by atoms with Crippen LogP contribution in [0.2, 0.25) is 0 Å². The number of carbonyl (C=O) groups excluding carboxylic acids is 1. The Labute approximate surface area is 212 Å². The third-order valence-corrected chi connectivity index (χ3v) is 12.0. The Morgan fingerprint density at radius 2 is 1.69 bits per heavy atom. The highest BCUT2D eigenvalue weighted by atomic mass is 16.3. The molecule has 0 radical (unpaired) electrons. The van der Waals surface area contributed by atoms with Crippen molar-refractivity contribution in [3.8, 4) is 0 Å². The predicted molar refractivity (Wildman–Crippen MR) is 138 cm³/mol. The van der Waals surface area contributed by atoms with Gasteiger partial charge in [0.05, 0.1) is 12.2 Å². The zero-order chi connectivity index (χ0) is 25.7. The van der Waals surface area contributed by atoms with Crippen LogP contribution in [0.25, 0.3) is 10.4 Å². The average molecular weight is 488 g/mol. The normalized spacial score (nSPS) is 44.4. The fourth-order valence-electron chi connectivity index (χ4n) is 10.0. The summed E-state index contributed by atoms with van der Waals surface area (Å²) in [6.07, 6.45) is 7.28. The van der Waals surface area contributed by atoms with Crippen LogP contribution < -0.4 is 0 Å². The Balaban J connectivity index is 1.53. The van der Waals surface area contributed by atoms with Crippen LogP contribution in [-0.2, 0) is 4.79 Å². The molecule has 0 aliphatic heterocycles. The Morgan fingerprint density at radius 3 is 2.31 bits per heavy atom. The first kappa shape index (κ1) is 26.9. The Kier molecular flexibility index (Phi) is 7.69. The van der Waals surface area contributed by atoms with Crippen LogP contribution in [0.5, 0.6) is 0 Å². The number of azide groups is 1. The van der Waals surface area contributed by atoms with Crippen LogP contribution in [0.3, 0.4) is 0 Å². The van der Waals surface area contributed by atoms with E-state index in [2.05, 4.69) is 51.6 Å². The van der Waals surface area contributed by atoms with Gasteiger partial charge in [-0.05, 0) is 103 Å². The number of nitrogens with zero attached hydrogens (tertiary/aromatic N) is 3. The quantitative estimate of drug-likeness (QED) is 0.242. The fourth-order valence-corrected chi connectivity index (χ4v) is 10.0. The van der Waals surface area contributed by atoms with Crippen LogP contribution in [0.15, 0.2) is 5.11 Å². The number of ketones is 1. The van der Waals surface area contributed by atoms with E-state index in [1.807, 2.05) is 0 Å². The highest BCUT2D eigenvalue weighted by Gasteiger charge is 2.63. The lowest BCUT2D eigenvalue weighted by Crippen LogP contribution is -2.57. The summed E-state index contributed by atoms with van der Waals surface area (Å²) in [6.45, 7) is 13.3. The van der Waals surface area contributed by atoms with Gasteiger partial charge in [0.15, 0.2) is 0 Å². The van der Waals surface area contributed by atoms with Crippen molar-refractivity contribution in [3.05, 3.63) is 10.4 Å². The maximum Gasteiger partial charge on any atom is 0.136 e. The molecule has 4 aliphatic carbocycles. The first-order valence-corrected chi connectivity index (χ1v) is 14.4. The molecule has 0 unspecified atom stereocenters. The summed E-state index contributed by atoms with van der Waals surface area (Å²) in [5.74, 6) is 2.81. The van der Waals surface area contributed by atoms with Gasteiger partial charge in [-0.2, -0.15) is 0 Å². The Bertz CT molecular complexity index is 841. The van der Waals surface area contributed by atoms with Gasteiger partial charge in [-0.3, -0.25) is 4.79 Å². The molecule has 6 heteroatoms. The second-order valence-corrected chi connectivity index (χ2v) is 13.6. The van der Waals surface area contributed by atoms with E-state index in [0.717, 1.165) is 51.4 Å². The summed E-state index contributed by atoms with van der Waals surface area (Å²) in [7, 11) is 0. The number of hydrogen-bond donors (Lipinski definition) is 2. The van der Waals surface area contributed by atoms with Crippen molar-refractivity contribution in [3.63, 3.8) is 0 Å². The average Bonchev–Trinajstić information content (AvgIpc) is 3.16. The van der Waals surface area contributed by atoms with E-state index in [0.29, 0.717) is 41.8 Å². The maximum absolute atomic E-state index is 13.5. The number of rotatable bonds is 7. The van der Waals surface area contributed by atoms with Crippen molar-refractivity contribution < 1.29 is 15.0 Å². The standard InChI is InChI=1S/C29H49N3O3/c1-7-19(16(2)3)27(35)26(34)17(4)21-8-9-22-20-15-25(33)24-14-18(31-32-30)10-12-29(24,6)23(20)11-13-28(21,22)5/h16-24,26-27,34-35H,7-15H2,1-6H3/t17-,18+,19-,20-,21+,22-,23-,24+,26+,27+,28+,29+/m0/s1. The lowest BCUT2D eigenvalue weighted by Gasteiger charge is -2.60. The van der Waals surface area contributed by atoms with Crippen LogP contribution in [0, 0.1) is 58.2 Å². The second kappa shape index (κ2) is 9.99. The molecule has 4 rings (SSSR count). The van der Waals surface area contributed by atoms with Crippen LogP contribution in [0.1, 0.15) is 99.3 Å². The second-order valence-electron chi connectivity index (χ2n) is 13.6. The molecule has 0 amide bonds. The van der Waals surface area contributed by atoms with Crippen molar-refractivity contribution in [1.29, 1.82) is 0 Å². The van der Waals surface area contributed by atoms with Crippen LogP contribution in [0.4, 0.5) is 0 Å². The third-order valence-electron chi connectivity index (χ3n) is 12.0. The number of carbonyl (C=O) groups is 1. The van der Waals surface area contributed by atoms with E-state index < -0.39 is 12.2 Å². The number of hydrogen-bond acceptors (Lipinski definition) is 4. The maximum atomic E-state index is 13.5. The Morgan fingerprint density at radius 1 is 1.03 bits per heavy atom. The number of aliphatic hydroxyl groups excluding tert-OH is 2. The van der Waals surface area contributed by atoms with Crippen LogP contribution in [-0.4, -0.2) is 34.2 Å². The smallest absolute Gasteiger partial charge is 0.136 e. The summed E-state index contributed by atoms with van der Waals surface area (Å²) in [5.41, 5.74) is 9.06. The molecular weight excluding hydrogens is 438 g/mol. The van der Waals surface area contributed by atoms with Gasteiger partial charge in [0.1, 0.15) is 5.78 Å². The molecule has 6 nitrogen and oxygen atoms in total.